The van der Waals surface area contributed by atoms with Crippen LogP contribution in [0.15, 0.2) is 69.2 Å². The molecule has 6 nitrogen and oxygen atoms in total. The number of aryl methyl sites for hydroxylation is 1. The van der Waals surface area contributed by atoms with Gasteiger partial charge in [-0.05, 0) is 67.4 Å². The van der Waals surface area contributed by atoms with E-state index in [4.69, 9.17) is 4.42 Å². The van der Waals surface area contributed by atoms with Crippen LogP contribution in [0.25, 0.3) is 6.08 Å². The molecule has 1 heterocycles. The van der Waals surface area contributed by atoms with Crippen LogP contribution in [0.5, 0.6) is 5.75 Å². The quantitative estimate of drug-likeness (QED) is 0.413. The third-order valence-corrected chi connectivity index (χ3v) is 8.06. The van der Waals surface area contributed by atoms with Crippen LogP contribution in [0.2, 0.25) is 0 Å². The van der Waals surface area contributed by atoms with Crippen molar-refractivity contribution < 1.29 is 17.9 Å². The highest BCUT2D eigenvalue weighted by Crippen LogP contribution is 2.49. The molecule has 1 unspecified atom stereocenters. The molecule has 1 saturated carbocycles. The van der Waals surface area contributed by atoms with Crippen molar-refractivity contribution in [2.24, 2.45) is 5.92 Å². The van der Waals surface area contributed by atoms with Crippen LogP contribution in [-0.4, -0.2) is 13.5 Å². The smallest absolute Gasteiger partial charge is 0.343 e. The van der Waals surface area contributed by atoms with E-state index in [2.05, 4.69) is 4.72 Å². The van der Waals surface area contributed by atoms with Crippen molar-refractivity contribution in [3.8, 4) is 5.75 Å². The summed E-state index contributed by atoms with van der Waals surface area (Å²) in [5.41, 5.74) is 2.56. The lowest BCUT2D eigenvalue weighted by atomic mass is 9.85. The second kappa shape index (κ2) is 10.3. The molecule has 2 N–H and O–H groups in total. The predicted molar refractivity (Wildman–Crippen MR) is 142 cm³/mol. The highest BCUT2D eigenvalue weighted by atomic mass is 32.2. The zero-order chi connectivity index (χ0) is 25.1. The van der Waals surface area contributed by atoms with E-state index in [-0.39, 0.29) is 17.6 Å². The molecular formula is C29H31NO5S. The first kappa shape index (κ1) is 24.4. The number of anilines is 1. The minimum absolute atomic E-state index is 0.0665. The van der Waals surface area contributed by atoms with Crippen LogP contribution in [0, 0.1) is 5.92 Å². The van der Waals surface area contributed by atoms with Crippen LogP contribution in [0.3, 0.4) is 0 Å². The van der Waals surface area contributed by atoms with Crippen molar-refractivity contribution in [2.75, 3.05) is 4.72 Å². The maximum atomic E-state index is 13.1. The molecule has 1 fully saturated rings. The van der Waals surface area contributed by atoms with E-state index in [1.165, 1.54) is 0 Å². The summed E-state index contributed by atoms with van der Waals surface area (Å²) < 4.78 is 33.8. The fourth-order valence-electron chi connectivity index (χ4n) is 5.12. The van der Waals surface area contributed by atoms with Crippen LogP contribution < -0.4 is 10.3 Å². The lowest BCUT2D eigenvalue weighted by Crippen LogP contribution is -2.19. The molecule has 7 heteroatoms. The van der Waals surface area contributed by atoms with Crippen molar-refractivity contribution >= 4 is 21.8 Å². The second-order valence-electron chi connectivity index (χ2n) is 9.77. The van der Waals surface area contributed by atoms with Gasteiger partial charge in [-0.1, -0.05) is 55.3 Å². The van der Waals surface area contributed by atoms with Crippen LogP contribution in [0.1, 0.15) is 72.5 Å². The highest BCUT2D eigenvalue weighted by Gasteiger charge is 2.38. The van der Waals surface area contributed by atoms with Gasteiger partial charge in [-0.15, -0.1) is 0 Å². The molecule has 0 bridgehead atoms. The van der Waals surface area contributed by atoms with E-state index in [0.29, 0.717) is 29.9 Å². The Balaban J connectivity index is 1.46. The molecule has 0 radical (unpaired) electrons. The predicted octanol–water partition coefficient (Wildman–Crippen LogP) is 5.96. The van der Waals surface area contributed by atoms with Gasteiger partial charge in [-0.3, -0.25) is 4.72 Å². The summed E-state index contributed by atoms with van der Waals surface area (Å²) in [5.74, 6) is 0.538. The summed E-state index contributed by atoms with van der Waals surface area (Å²) in [6, 6.07) is 16.3. The Morgan fingerprint density at radius 3 is 2.47 bits per heavy atom. The van der Waals surface area contributed by atoms with Gasteiger partial charge in [0.25, 0.3) is 10.0 Å². The Morgan fingerprint density at radius 2 is 1.72 bits per heavy atom. The number of rotatable bonds is 7. The average Bonchev–Trinajstić information content (AvgIpc) is 3.67. The van der Waals surface area contributed by atoms with E-state index in [0.717, 1.165) is 60.6 Å². The number of benzene rings is 2. The molecule has 0 amide bonds. The Morgan fingerprint density at radius 1 is 0.972 bits per heavy atom. The summed E-state index contributed by atoms with van der Waals surface area (Å²) in [5, 5.41) is 12.4. The zero-order valence-corrected chi connectivity index (χ0v) is 21.0. The fourth-order valence-corrected chi connectivity index (χ4v) is 5.98. The van der Waals surface area contributed by atoms with E-state index in [1.54, 1.807) is 24.3 Å². The minimum Gasteiger partial charge on any atom is -0.507 e. The summed E-state index contributed by atoms with van der Waals surface area (Å²) in [7, 11) is -3.74. The molecule has 1 aromatic heterocycles. The van der Waals surface area contributed by atoms with E-state index >= 15 is 0 Å². The highest BCUT2D eigenvalue weighted by molar-refractivity contribution is 7.95. The maximum Gasteiger partial charge on any atom is 0.343 e. The Bertz CT molecular complexity index is 1420. The second-order valence-corrected chi connectivity index (χ2v) is 11.3. The maximum absolute atomic E-state index is 13.1. The SMILES string of the molecule is O=c1oc2c(c(O)c1C(c1cccc(NS(=O)(=O)/C=C/c3ccccc3)c1)C1CC1)CCCCCC2. The van der Waals surface area contributed by atoms with E-state index in [1.807, 2.05) is 36.4 Å². The van der Waals surface area contributed by atoms with Gasteiger partial charge in [0.2, 0.25) is 0 Å². The summed E-state index contributed by atoms with van der Waals surface area (Å²) in [4.78, 5) is 13.1. The molecular weight excluding hydrogens is 474 g/mol. The zero-order valence-electron chi connectivity index (χ0n) is 20.2. The van der Waals surface area contributed by atoms with Gasteiger partial charge in [-0.2, -0.15) is 0 Å². The lowest BCUT2D eigenvalue weighted by Gasteiger charge is -2.22. The first-order valence-electron chi connectivity index (χ1n) is 12.6. The van der Waals surface area contributed by atoms with E-state index in [9.17, 15) is 18.3 Å². The summed E-state index contributed by atoms with van der Waals surface area (Å²) in [6.45, 7) is 0. The van der Waals surface area contributed by atoms with Crippen LogP contribution >= 0.6 is 0 Å². The Kier molecular flexibility index (Phi) is 7.01. The number of fused-ring (bicyclic) bond motifs is 1. The Labute approximate surface area is 211 Å². The topological polar surface area (TPSA) is 96.6 Å². The lowest BCUT2D eigenvalue weighted by molar-refractivity contribution is 0.382. The van der Waals surface area contributed by atoms with Crippen molar-refractivity contribution in [1.29, 1.82) is 0 Å². The molecule has 5 rings (SSSR count). The van der Waals surface area contributed by atoms with Gasteiger partial charge in [0.05, 0.1) is 11.0 Å². The third kappa shape index (κ3) is 5.57. The first-order chi connectivity index (χ1) is 17.4. The molecule has 1 atom stereocenters. The molecule has 2 aromatic carbocycles. The molecule has 2 aliphatic rings. The summed E-state index contributed by atoms with van der Waals surface area (Å²) in [6.07, 6.45) is 8.88. The fraction of sp³-hybridized carbons (Fsp3) is 0.345. The Hall–Kier alpha value is -3.32. The standard InChI is InChI=1S/C29H31NO5S/c31-28-24-13-6-1-2-7-14-25(24)35-29(32)27(28)26(21-15-16-21)22-11-8-12-23(19-22)30-36(33,34)18-17-20-9-4-3-5-10-20/h3-5,8-12,17-19,21,26,30-31H,1-2,6-7,13-16H2/b18-17+. The van der Waals surface area contributed by atoms with Crippen molar-refractivity contribution in [3.05, 3.63) is 98.4 Å². The molecule has 188 valence electrons. The van der Waals surface area contributed by atoms with Gasteiger partial charge < -0.3 is 9.52 Å². The third-order valence-electron chi connectivity index (χ3n) is 7.04. The molecule has 0 saturated heterocycles. The molecule has 0 spiro atoms. The normalized spacial score (nSPS) is 17.2. The van der Waals surface area contributed by atoms with Gasteiger partial charge >= 0.3 is 5.63 Å². The molecule has 2 aliphatic carbocycles. The van der Waals surface area contributed by atoms with Gasteiger partial charge in [0.1, 0.15) is 11.5 Å². The number of hydrogen-bond acceptors (Lipinski definition) is 5. The number of nitrogens with one attached hydrogen (secondary N) is 1. The van der Waals surface area contributed by atoms with Gasteiger partial charge in [-0.25, -0.2) is 13.2 Å². The van der Waals surface area contributed by atoms with Crippen LogP contribution in [0.4, 0.5) is 5.69 Å². The van der Waals surface area contributed by atoms with Gasteiger partial charge in [0.15, 0.2) is 0 Å². The average molecular weight is 506 g/mol. The first-order valence-corrected chi connectivity index (χ1v) is 14.2. The minimum atomic E-state index is -3.74. The number of sulfonamides is 1. The van der Waals surface area contributed by atoms with Crippen molar-refractivity contribution in [2.45, 2.75) is 57.3 Å². The summed E-state index contributed by atoms with van der Waals surface area (Å²) >= 11 is 0. The van der Waals surface area contributed by atoms with Crippen LogP contribution in [-0.2, 0) is 22.9 Å². The van der Waals surface area contributed by atoms with Crippen molar-refractivity contribution in [3.63, 3.8) is 0 Å². The molecule has 3 aromatic rings. The molecule has 36 heavy (non-hydrogen) atoms. The largest absolute Gasteiger partial charge is 0.507 e. The molecule has 0 aliphatic heterocycles. The number of hydrogen-bond donors (Lipinski definition) is 2. The number of aromatic hydroxyl groups is 1. The van der Waals surface area contributed by atoms with Crippen molar-refractivity contribution in [1.82, 2.24) is 0 Å². The van der Waals surface area contributed by atoms with E-state index < -0.39 is 15.6 Å². The monoisotopic (exact) mass is 505 g/mol. The van der Waals surface area contributed by atoms with Gasteiger partial charge in [0, 0.05) is 23.6 Å².